The second-order valence-electron chi connectivity index (χ2n) is 6.68. The molecule has 0 bridgehead atoms. The largest absolute Gasteiger partial charge is 0.335 e. The molecular weight excluding hydrogens is 326 g/mol. The number of hydrogen-bond donors (Lipinski definition) is 2. The quantitative estimate of drug-likeness (QED) is 0.879. The van der Waals surface area contributed by atoms with E-state index in [2.05, 4.69) is 10.6 Å². The molecule has 6 nitrogen and oxygen atoms in total. The van der Waals surface area contributed by atoms with Gasteiger partial charge >= 0.3 is 6.03 Å². The van der Waals surface area contributed by atoms with Crippen LogP contribution in [0.25, 0.3) is 0 Å². The van der Waals surface area contributed by atoms with E-state index < -0.39 is 10.0 Å². The predicted octanol–water partition coefficient (Wildman–Crippen LogP) is 2.99. The number of urea groups is 1. The molecule has 0 unspecified atom stereocenters. The third-order valence-corrected chi connectivity index (χ3v) is 6.62. The number of rotatable bonds is 3. The zero-order chi connectivity index (χ0) is 17.2. The van der Waals surface area contributed by atoms with Crippen LogP contribution in [0.1, 0.15) is 44.1 Å². The Morgan fingerprint density at radius 3 is 2.54 bits per heavy atom. The molecule has 0 atom stereocenters. The van der Waals surface area contributed by atoms with Crippen LogP contribution in [0.15, 0.2) is 18.2 Å². The molecule has 1 saturated carbocycles. The van der Waals surface area contributed by atoms with E-state index >= 15 is 0 Å². The van der Waals surface area contributed by atoms with Crippen molar-refractivity contribution in [1.82, 2.24) is 5.32 Å². The number of carbonyl (C=O) groups is 1. The van der Waals surface area contributed by atoms with Gasteiger partial charge in [0.05, 0.1) is 11.4 Å². The molecule has 2 amide bonds. The fourth-order valence-electron chi connectivity index (χ4n) is 3.52. The lowest BCUT2D eigenvalue weighted by Gasteiger charge is -2.23. The first kappa shape index (κ1) is 17.1. The fraction of sp³-hybridized carbons (Fsp3) is 0.588. The van der Waals surface area contributed by atoms with E-state index in [4.69, 9.17) is 0 Å². The first-order valence-corrected chi connectivity index (χ1v) is 10.3. The van der Waals surface area contributed by atoms with Crippen LogP contribution in [-0.4, -0.2) is 32.8 Å². The molecule has 1 aromatic carbocycles. The molecule has 1 saturated heterocycles. The van der Waals surface area contributed by atoms with Crippen molar-refractivity contribution in [2.45, 2.75) is 51.5 Å². The van der Waals surface area contributed by atoms with E-state index in [1.165, 1.54) is 23.6 Å². The van der Waals surface area contributed by atoms with Gasteiger partial charge in [0.15, 0.2) is 0 Å². The molecule has 2 fully saturated rings. The lowest BCUT2D eigenvalue weighted by Crippen LogP contribution is -2.39. The van der Waals surface area contributed by atoms with Gasteiger partial charge in [-0.1, -0.05) is 19.3 Å². The molecule has 0 aromatic heterocycles. The van der Waals surface area contributed by atoms with Crippen LogP contribution in [0.5, 0.6) is 0 Å². The molecule has 1 aliphatic carbocycles. The molecule has 1 heterocycles. The van der Waals surface area contributed by atoms with Gasteiger partial charge in [0.2, 0.25) is 10.0 Å². The summed E-state index contributed by atoms with van der Waals surface area (Å²) in [6.45, 7) is 2.39. The second kappa shape index (κ2) is 7.01. The molecule has 0 radical (unpaired) electrons. The average Bonchev–Trinajstić information content (AvgIpc) is 2.87. The number of amides is 2. The molecule has 2 N–H and O–H groups in total. The van der Waals surface area contributed by atoms with E-state index in [-0.39, 0.29) is 17.8 Å². The molecule has 2 aliphatic rings. The maximum atomic E-state index is 12.1. The average molecular weight is 351 g/mol. The first-order valence-electron chi connectivity index (χ1n) is 8.64. The van der Waals surface area contributed by atoms with Crippen molar-refractivity contribution in [3.05, 3.63) is 23.8 Å². The Balaban J connectivity index is 1.65. The van der Waals surface area contributed by atoms with Gasteiger partial charge in [-0.15, -0.1) is 0 Å². The smallest absolute Gasteiger partial charge is 0.319 e. The van der Waals surface area contributed by atoms with Gasteiger partial charge in [-0.05, 0) is 49.9 Å². The second-order valence-corrected chi connectivity index (χ2v) is 8.69. The molecule has 1 aliphatic heterocycles. The Hall–Kier alpha value is -1.76. The molecular formula is C17H25N3O3S. The standard InChI is InChI=1S/C17H25N3O3S/c1-13-12-15(19-17(21)18-14-6-3-2-4-7-14)8-9-16(13)20-10-5-11-24(20,22)23/h8-9,12,14H,2-7,10-11H2,1H3,(H2,18,19,21). The summed E-state index contributed by atoms with van der Waals surface area (Å²) in [7, 11) is -3.18. The highest BCUT2D eigenvalue weighted by Crippen LogP contribution is 2.29. The van der Waals surface area contributed by atoms with Crippen molar-refractivity contribution in [2.75, 3.05) is 21.9 Å². The number of benzene rings is 1. The van der Waals surface area contributed by atoms with Crippen LogP contribution >= 0.6 is 0 Å². The molecule has 3 rings (SSSR count). The van der Waals surface area contributed by atoms with Crippen molar-refractivity contribution >= 4 is 27.4 Å². The Kier molecular flexibility index (Phi) is 4.99. The Bertz CT molecular complexity index is 712. The van der Waals surface area contributed by atoms with Crippen LogP contribution in [-0.2, 0) is 10.0 Å². The van der Waals surface area contributed by atoms with Gasteiger partial charge in [0.1, 0.15) is 0 Å². The number of sulfonamides is 1. The van der Waals surface area contributed by atoms with E-state index in [0.29, 0.717) is 24.3 Å². The molecule has 7 heteroatoms. The number of nitrogens with zero attached hydrogens (tertiary/aromatic N) is 1. The van der Waals surface area contributed by atoms with E-state index in [0.717, 1.165) is 18.4 Å². The Labute approximate surface area is 143 Å². The summed E-state index contributed by atoms with van der Waals surface area (Å²) < 4.78 is 25.6. The summed E-state index contributed by atoms with van der Waals surface area (Å²) in [5, 5.41) is 5.86. The zero-order valence-electron chi connectivity index (χ0n) is 14.0. The van der Waals surface area contributed by atoms with Crippen molar-refractivity contribution < 1.29 is 13.2 Å². The summed E-state index contributed by atoms with van der Waals surface area (Å²) in [6, 6.07) is 5.42. The van der Waals surface area contributed by atoms with E-state index in [1.54, 1.807) is 12.1 Å². The van der Waals surface area contributed by atoms with Crippen LogP contribution in [0.4, 0.5) is 16.2 Å². The highest BCUT2D eigenvalue weighted by atomic mass is 32.2. The van der Waals surface area contributed by atoms with Gasteiger partial charge in [0.25, 0.3) is 0 Å². The SMILES string of the molecule is Cc1cc(NC(=O)NC2CCCCC2)ccc1N1CCCS1(=O)=O. The number of nitrogens with one attached hydrogen (secondary N) is 2. The summed E-state index contributed by atoms with van der Waals surface area (Å²) >= 11 is 0. The minimum atomic E-state index is -3.18. The van der Waals surface area contributed by atoms with E-state index in [1.807, 2.05) is 13.0 Å². The normalized spacial score (nSPS) is 20.8. The van der Waals surface area contributed by atoms with Crippen LogP contribution in [0.3, 0.4) is 0 Å². The summed E-state index contributed by atoms with van der Waals surface area (Å²) in [4.78, 5) is 12.1. The van der Waals surface area contributed by atoms with Crippen LogP contribution in [0.2, 0.25) is 0 Å². The molecule has 132 valence electrons. The number of carbonyl (C=O) groups excluding carboxylic acids is 1. The number of aryl methyl sites for hydroxylation is 1. The highest BCUT2D eigenvalue weighted by Gasteiger charge is 2.29. The van der Waals surface area contributed by atoms with Crippen molar-refractivity contribution in [2.24, 2.45) is 0 Å². The molecule has 1 aromatic rings. The van der Waals surface area contributed by atoms with Crippen molar-refractivity contribution in [1.29, 1.82) is 0 Å². The summed E-state index contributed by atoms with van der Waals surface area (Å²) in [5.41, 5.74) is 2.22. The van der Waals surface area contributed by atoms with E-state index in [9.17, 15) is 13.2 Å². The van der Waals surface area contributed by atoms with Crippen molar-refractivity contribution in [3.8, 4) is 0 Å². The summed E-state index contributed by atoms with van der Waals surface area (Å²) in [6.07, 6.45) is 6.33. The third-order valence-electron chi connectivity index (χ3n) is 4.76. The third kappa shape index (κ3) is 3.83. The Morgan fingerprint density at radius 1 is 1.17 bits per heavy atom. The minimum Gasteiger partial charge on any atom is -0.335 e. The van der Waals surface area contributed by atoms with Gasteiger partial charge < -0.3 is 10.6 Å². The monoisotopic (exact) mass is 351 g/mol. The maximum Gasteiger partial charge on any atom is 0.319 e. The van der Waals surface area contributed by atoms with Gasteiger partial charge in [0, 0.05) is 18.3 Å². The lowest BCUT2D eigenvalue weighted by atomic mass is 9.96. The first-order chi connectivity index (χ1) is 11.5. The fourth-order valence-corrected chi connectivity index (χ4v) is 5.15. The van der Waals surface area contributed by atoms with Crippen LogP contribution in [0, 0.1) is 6.92 Å². The highest BCUT2D eigenvalue weighted by molar-refractivity contribution is 7.93. The number of anilines is 2. The minimum absolute atomic E-state index is 0.192. The van der Waals surface area contributed by atoms with Gasteiger partial charge in [-0.2, -0.15) is 0 Å². The lowest BCUT2D eigenvalue weighted by molar-refractivity contribution is 0.244. The maximum absolute atomic E-state index is 12.1. The summed E-state index contributed by atoms with van der Waals surface area (Å²) in [5.74, 6) is 0.205. The van der Waals surface area contributed by atoms with Crippen molar-refractivity contribution in [3.63, 3.8) is 0 Å². The number of hydrogen-bond acceptors (Lipinski definition) is 3. The topological polar surface area (TPSA) is 78.5 Å². The molecule has 0 spiro atoms. The van der Waals surface area contributed by atoms with Gasteiger partial charge in [-0.3, -0.25) is 4.31 Å². The Morgan fingerprint density at radius 2 is 1.92 bits per heavy atom. The van der Waals surface area contributed by atoms with Crippen LogP contribution < -0.4 is 14.9 Å². The zero-order valence-corrected chi connectivity index (χ0v) is 14.9. The predicted molar refractivity (Wildman–Crippen MR) is 96.0 cm³/mol. The van der Waals surface area contributed by atoms with Gasteiger partial charge in [-0.25, -0.2) is 13.2 Å². The molecule has 24 heavy (non-hydrogen) atoms.